The van der Waals surface area contributed by atoms with Gasteiger partial charge in [-0.25, -0.2) is 9.59 Å². The third-order valence-electron chi connectivity index (χ3n) is 3.09. The van der Waals surface area contributed by atoms with Crippen LogP contribution in [0.1, 0.15) is 39.4 Å². The summed E-state index contributed by atoms with van der Waals surface area (Å²) in [5.74, 6) is 0. The lowest BCUT2D eigenvalue weighted by Crippen LogP contribution is -2.47. The molecule has 0 heterocycles. The van der Waals surface area contributed by atoms with Crippen LogP contribution in [-0.2, 0) is 4.74 Å². The minimum Gasteiger partial charge on any atom is -0.465 e. The van der Waals surface area contributed by atoms with Crippen LogP contribution >= 0.6 is 0 Å². The Hall–Kier alpha value is -2.28. The van der Waals surface area contributed by atoms with Gasteiger partial charge >= 0.3 is 12.2 Å². The molecule has 0 saturated heterocycles. The Labute approximate surface area is 142 Å². The molecule has 0 aliphatic heterocycles. The molecule has 0 bridgehead atoms. The van der Waals surface area contributed by atoms with Crippen LogP contribution in [0.5, 0.6) is 0 Å². The Balaban J connectivity index is 2.83. The topological polar surface area (TPSA) is 99.1 Å². The number of benzene rings is 1. The van der Waals surface area contributed by atoms with Crippen molar-refractivity contribution in [1.29, 1.82) is 0 Å². The number of hydrogen-bond acceptors (Lipinski definition) is 4. The molecule has 1 aromatic carbocycles. The quantitative estimate of drug-likeness (QED) is 0.740. The third-order valence-corrected chi connectivity index (χ3v) is 3.09. The van der Waals surface area contributed by atoms with Crippen molar-refractivity contribution < 1.29 is 24.5 Å². The van der Waals surface area contributed by atoms with E-state index in [1.54, 1.807) is 52.0 Å². The average Bonchev–Trinajstić information content (AvgIpc) is 2.44. The molecule has 3 N–H and O–H groups in total. The van der Waals surface area contributed by atoms with Crippen molar-refractivity contribution in [3.8, 4) is 0 Å². The zero-order valence-electron chi connectivity index (χ0n) is 14.5. The highest BCUT2D eigenvalue weighted by atomic mass is 16.6. The Morgan fingerprint density at radius 1 is 1.21 bits per heavy atom. The summed E-state index contributed by atoms with van der Waals surface area (Å²) >= 11 is 0. The number of nitrogens with one attached hydrogen (secondary N) is 1. The first-order chi connectivity index (χ1) is 11.1. The SMILES string of the molecule is CC(CN(C[C@@H](O)c1ccccc1)C(=O)OC(C)(C)C)NC(=O)O. The molecule has 24 heavy (non-hydrogen) atoms. The Morgan fingerprint density at radius 3 is 2.29 bits per heavy atom. The van der Waals surface area contributed by atoms with Crippen LogP contribution in [0.15, 0.2) is 30.3 Å². The fraction of sp³-hybridized carbons (Fsp3) is 0.529. The summed E-state index contributed by atoms with van der Waals surface area (Å²) in [6.07, 6.45) is -2.66. The van der Waals surface area contributed by atoms with Gasteiger partial charge in [0, 0.05) is 12.6 Å². The lowest BCUT2D eigenvalue weighted by atomic mass is 10.1. The molecule has 7 heteroatoms. The highest BCUT2D eigenvalue weighted by Gasteiger charge is 2.26. The molecule has 2 amide bonds. The van der Waals surface area contributed by atoms with E-state index < -0.39 is 29.9 Å². The lowest BCUT2D eigenvalue weighted by Gasteiger charge is -2.30. The minimum atomic E-state index is -1.17. The number of carbonyl (C=O) groups excluding carboxylic acids is 1. The van der Waals surface area contributed by atoms with Gasteiger partial charge in [-0.1, -0.05) is 30.3 Å². The maximum Gasteiger partial charge on any atom is 0.410 e. The van der Waals surface area contributed by atoms with Gasteiger partial charge in [-0.05, 0) is 33.3 Å². The van der Waals surface area contributed by atoms with Gasteiger partial charge in [0.25, 0.3) is 0 Å². The smallest absolute Gasteiger partial charge is 0.410 e. The highest BCUT2D eigenvalue weighted by molar-refractivity contribution is 5.69. The van der Waals surface area contributed by atoms with Gasteiger partial charge < -0.3 is 25.2 Å². The molecule has 2 atom stereocenters. The highest BCUT2D eigenvalue weighted by Crippen LogP contribution is 2.17. The molecule has 0 fully saturated rings. The molecule has 1 unspecified atom stereocenters. The van der Waals surface area contributed by atoms with E-state index in [0.717, 1.165) is 0 Å². The fourth-order valence-electron chi connectivity index (χ4n) is 2.13. The average molecular weight is 338 g/mol. The zero-order chi connectivity index (χ0) is 18.3. The summed E-state index contributed by atoms with van der Waals surface area (Å²) in [5, 5.41) is 21.4. The molecule has 0 aromatic heterocycles. The van der Waals surface area contributed by atoms with Crippen molar-refractivity contribution in [3.05, 3.63) is 35.9 Å². The second kappa shape index (κ2) is 8.54. The van der Waals surface area contributed by atoms with E-state index in [4.69, 9.17) is 9.84 Å². The standard InChI is InChI=1S/C17H26N2O5/c1-12(18-15(21)22)10-19(16(23)24-17(2,3)4)11-14(20)13-8-6-5-7-9-13/h5-9,12,14,18,20H,10-11H2,1-4H3,(H,21,22)/t12?,14-/m1/s1. The van der Waals surface area contributed by atoms with E-state index in [1.165, 1.54) is 4.90 Å². The van der Waals surface area contributed by atoms with E-state index >= 15 is 0 Å². The van der Waals surface area contributed by atoms with Crippen LogP contribution in [0.4, 0.5) is 9.59 Å². The second-order valence-electron chi connectivity index (χ2n) is 6.66. The van der Waals surface area contributed by atoms with Crippen LogP contribution in [0.25, 0.3) is 0 Å². The molecule has 0 saturated carbocycles. The first-order valence-corrected chi connectivity index (χ1v) is 7.79. The van der Waals surface area contributed by atoms with Crippen molar-refractivity contribution >= 4 is 12.2 Å². The first-order valence-electron chi connectivity index (χ1n) is 7.79. The van der Waals surface area contributed by atoms with Crippen molar-refractivity contribution in [2.24, 2.45) is 0 Å². The summed E-state index contributed by atoms with van der Waals surface area (Å²) < 4.78 is 5.34. The zero-order valence-corrected chi connectivity index (χ0v) is 14.5. The lowest BCUT2D eigenvalue weighted by molar-refractivity contribution is 0.0127. The number of hydrogen-bond donors (Lipinski definition) is 3. The molecule has 7 nitrogen and oxygen atoms in total. The largest absolute Gasteiger partial charge is 0.465 e. The van der Waals surface area contributed by atoms with Crippen molar-refractivity contribution in [1.82, 2.24) is 10.2 Å². The molecule has 1 aromatic rings. The summed E-state index contributed by atoms with van der Waals surface area (Å²) in [7, 11) is 0. The van der Waals surface area contributed by atoms with Crippen molar-refractivity contribution in [2.45, 2.75) is 45.4 Å². The van der Waals surface area contributed by atoms with Gasteiger partial charge in [0.05, 0.1) is 12.6 Å². The van der Waals surface area contributed by atoms with E-state index in [-0.39, 0.29) is 13.1 Å². The third kappa shape index (κ3) is 7.32. The number of carboxylic acid groups (broad SMARTS) is 1. The van der Waals surface area contributed by atoms with Crippen LogP contribution in [0.2, 0.25) is 0 Å². The maximum absolute atomic E-state index is 12.4. The van der Waals surface area contributed by atoms with Gasteiger partial charge in [0.15, 0.2) is 0 Å². The molecular formula is C17H26N2O5. The van der Waals surface area contributed by atoms with E-state index in [2.05, 4.69) is 5.32 Å². The summed E-state index contributed by atoms with van der Waals surface area (Å²) in [6.45, 7) is 6.97. The van der Waals surface area contributed by atoms with Gasteiger partial charge in [-0.15, -0.1) is 0 Å². The van der Waals surface area contributed by atoms with Gasteiger partial charge in [-0.2, -0.15) is 0 Å². The number of ether oxygens (including phenoxy) is 1. The molecule has 134 valence electrons. The summed E-state index contributed by atoms with van der Waals surface area (Å²) in [4.78, 5) is 24.4. The molecule has 0 radical (unpaired) electrons. The van der Waals surface area contributed by atoms with Crippen LogP contribution < -0.4 is 5.32 Å². The molecule has 0 aliphatic carbocycles. The molecular weight excluding hydrogens is 312 g/mol. The second-order valence-corrected chi connectivity index (χ2v) is 6.66. The molecule has 0 aliphatic rings. The minimum absolute atomic E-state index is 0.00453. The van der Waals surface area contributed by atoms with Crippen LogP contribution in [-0.4, -0.2) is 52.0 Å². The van der Waals surface area contributed by atoms with Crippen molar-refractivity contribution in [3.63, 3.8) is 0 Å². The molecule has 1 rings (SSSR count). The maximum atomic E-state index is 12.4. The van der Waals surface area contributed by atoms with Gasteiger partial charge in [-0.3, -0.25) is 0 Å². The Morgan fingerprint density at radius 2 is 1.79 bits per heavy atom. The van der Waals surface area contributed by atoms with Gasteiger partial charge in [0.1, 0.15) is 5.60 Å². The number of carbonyl (C=O) groups is 2. The Kier molecular flexibility index (Phi) is 7.03. The number of amides is 2. The monoisotopic (exact) mass is 338 g/mol. The van der Waals surface area contributed by atoms with E-state index in [1.807, 2.05) is 6.07 Å². The number of aliphatic hydroxyl groups is 1. The predicted octanol–water partition coefficient (Wildman–Crippen LogP) is 2.61. The number of aliphatic hydroxyl groups excluding tert-OH is 1. The van der Waals surface area contributed by atoms with Crippen LogP contribution in [0.3, 0.4) is 0 Å². The van der Waals surface area contributed by atoms with E-state index in [9.17, 15) is 14.7 Å². The normalized spacial score (nSPS) is 13.7. The Bertz CT molecular complexity index is 542. The number of rotatable bonds is 6. The van der Waals surface area contributed by atoms with E-state index in [0.29, 0.717) is 5.56 Å². The fourth-order valence-corrected chi connectivity index (χ4v) is 2.13. The molecule has 0 spiro atoms. The predicted molar refractivity (Wildman–Crippen MR) is 89.8 cm³/mol. The van der Waals surface area contributed by atoms with Gasteiger partial charge in [0.2, 0.25) is 0 Å². The summed E-state index contributed by atoms with van der Waals surface area (Å²) in [5.41, 5.74) is -0.0128. The van der Waals surface area contributed by atoms with Crippen molar-refractivity contribution in [2.75, 3.05) is 13.1 Å². The number of nitrogens with zero attached hydrogens (tertiary/aromatic N) is 1. The first kappa shape index (κ1) is 19.8. The summed E-state index contributed by atoms with van der Waals surface area (Å²) in [6, 6.07) is 8.45. The van der Waals surface area contributed by atoms with Crippen LogP contribution in [0, 0.1) is 0 Å².